The molecule has 0 amide bonds. The zero-order chi connectivity index (χ0) is 9.97. The molecule has 0 saturated carbocycles. The highest BCUT2D eigenvalue weighted by Crippen LogP contribution is 2.25. The van der Waals surface area contributed by atoms with Gasteiger partial charge in [-0.2, -0.15) is 0 Å². The Morgan fingerprint density at radius 1 is 1.64 bits per heavy atom. The second-order valence-corrected chi connectivity index (χ2v) is 4.13. The van der Waals surface area contributed by atoms with Gasteiger partial charge in [-0.05, 0) is 40.0 Å². The number of pyridine rings is 1. The van der Waals surface area contributed by atoms with E-state index in [1.165, 1.54) is 11.1 Å². The maximum absolute atomic E-state index is 5.69. The minimum absolute atomic E-state index is 0.169. The van der Waals surface area contributed by atoms with Crippen LogP contribution in [0.15, 0.2) is 16.9 Å². The smallest absolute Gasteiger partial charge is 0.109 e. The number of aromatic nitrogens is 1. The Bertz CT molecular complexity index is 324. The molecule has 76 valence electrons. The van der Waals surface area contributed by atoms with Crippen LogP contribution >= 0.6 is 15.9 Å². The van der Waals surface area contributed by atoms with Gasteiger partial charge in [0.15, 0.2) is 0 Å². The highest BCUT2D eigenvalue weighted by atomic mass is 79.9. The quantitative estimate of drug-likeness (QED) is 0.779. The molecule has 4 heteroatoms. The van der Waals surface area contributed by atoms with E-state index in [0.29, 0.717) is 0 Å². The summed E-state index contributed by atoms with van der Waals surface area (Å²) in [5, 5.41) is 3.32. The van der Waals surface area contributed by atoms with E-state index in [2.05, 4.69) is 33.2 Å². The van der Waals surface area contributed by atoms with Crippen LogP contribution in [-0.4, -0.2) is 24.7 Å². The van der Waals surface area contributed by atoms with Crippen LogP contribution in [0.5, 0.6) is 0 Å². The summed E-state index contributed by atoms with van der Waals surface area (Å²) in [5.41, 5.74) is 2.39. The van der Waals surface area contributed by atoms with Crippen molar-refractivity contribution in [2.75, 3.05) is 19.7 Å². The van der Waals surface area contributed by atoms with Crippen molar-refractivity contribution >= 4 is 15.9 Å². The number of halogens is 1. The van der Waals surface area contributed by atoms with Gasteiger partial charge >= 0.3 is 0 Å². The van der Waals surface area contributed by atoms with Gasteiger partial charge in [-0.3, -0.25) is 0 Å². The highest BCUT2D eigenvalue weighted by Gasteiger charge is 2.18. The Hall–Kier alpha value is -0.450. The first-order valence-electron chi connectivity index (χ1n) is 4.72. The van der Waals surface area contributed by atoms with Gasteiger partial charge in [-0.15, -0.1) is 0 Å². The molecule has 0 aliphatic carbocycles. The summed E-state index contributed by atoms with van der Waals surface area (Å²) < 4.78 is 6.60. The van der Waals surface area contributed by atoms with Gasteiger partial charge in [-0.1, -0.05) is 0 Å². The number of hydrogen-bond donors (Lipinski definition) is 1. The second-order valence-electron chi connectivity index (χ2n) is 3.38. The van der Waals surface area contributed by atoms with Crippen LogP contribution in [0.4, 0.5) is 0 Å². The Balaban J connectivity index is 2.26. The molecule has 1 atom stereocenters. The van der Waals surface area contributed by atoms with Gasteiger partial charge in [0.2, 0.25) is 0 Å². The second kappa shape index (κ2) is 4.38. The number of nitrogens with one attached hydrogen (secondary N) is 1. The van der Waals surface area contributed by atoms with Gasteiger partial charge in [0.25, 0.3) is 0 Å². The van der Waals surface area contributed by atoms with Gasteiger partial charge in [-0.25, -0.2) is 4.98 Å². The van der Waals surface area contributed by atoms with E-state index in [1.807, 2.05) is 12.3 Å². The number of morpholine rings is 1. The van der Waals surface area contributed by atoms with Crippen molar-refractivity contribution in [3.8, 4) is 0 Å². The van der Waals surface area contributed by atoms with E-state index in [4.69, 9.17) is 4.74 Å². The minimum atomic E-state index is 0.169. The predicted molar refractivity (Wildman–Crippen MR) is 58.2 cm³/mol. The fourth-order valence-corrected chi connectivity index (χ4v) is 1.99. The highest BCUT2D eigenvalue weighted by molar-refractivity contribution is 9.10. The molecule has 3 nitrogen and oxygen atoms in total. The molecule has 1 aromatic heterocycles. The molecule has 2 heterocycles. The summed E-state index contributed by atoms with van der Waals surface area (Å²) in [6, 6.07) is 2.03. The van der Waals surface area contributed by atoms with Crippen LogP contribution < -0.4 is 5.32 Å². The monoisotopic (exact) mass is 256 g/mol. The molecule has 2 rings (SSSR count). The maximum atomic E-state index is 5.69. The van der Waals surface area contributed by atoms with Crippen molar-refractivity contribution in [1.82, 2.24) is 10.3 Å². The normalized spacial score (nSPS) is 22.3. The van der Waals surface area contributed by atoms with Crippen molar-refractivity contribution in [3.63, 3.8) is 0 Å². The molecule has 1 N–H and O–H groups in total. The van der Waals surface area contributed by atoms with Crippen molar-refractivity contribution in [2.24, 2.45) is 0 Å². The number of nitrogens with zero attached hydrogens (tertiary/aromatic N) is 1. The Morgan fingerprint density at radius 2 is 2.50 bits per heavy atom. The lowest BCUT2D eigenvalue weighted by molar-refractivity contribution is 0.0272. The largest absolute Gasteiger partial charge is 0.371 e. The van der Waals surface area contributed by atoms with Crippen LogP contribution in [0, 0.1) is 6.92 Å². The van der Waals surface area contributed by atoms with Gasteiger partial charge in [0.1, 0.15) is 4.60 Å². The average molecular weight is 257 g/mol. The standard InChI is InChI=1S/C10H13BrN2O/c1-7-8(2-3-13-10(7)11)9-6-12-4-5-14-9/h2-3,9,12H,4-6H2,1H3. The van der Waals surface area contributed by atoms with Gasteiger partial charge < -0.3 is 10.1 Å². The van der Waals surface area contributed by atoms with Crippen molar-refractivity contribution in [1.29, 1.82) is 0 Å². The third-order valence-electron chi connectivity index (χ3n) is 2.46. The average Bonchev–Trinajstić information content (AvgIpc) is 2.23. The molecule has 1 fully saturated rings. The third kappa shape index (κ3) is 1.97. The van der Waals surface area contributed by atoms with Crippen LogP contribution in [0.25, 0.3) is 0 Å². The molecule has 1 unspecified atom stereocenters. The van der Waals surface area contributed by atoms with E-state index in [0.717, 1.165) is 24.3 Å². The summed E-state index contributed by atoms with van der Waals surface area (Å²) in [6.45, 7) is 4.67. The zero-order valence-electron chi connectivity index (χ0n) is 8.09. The van der Waals surface area contributed by atoms with E-state index in [1.54, 1.807) is 0 Å². The van der Waals surface area contributed by atoms with Crippen LogP contribution in [0.2, 0.25) is 0 Å². The molecule has 1 aliphatic heterocycles. The molecule has 1 aromatic rings. The summed E-state index contributed by atoms with van der Waals surface area (Å²) in [5.74, 6) is 0. The van der Waals surface area contributed by atoms with Gasteiger partial charge in [0.05, 0.1) is 12.7 Å². The lowest BCUT2D eigenvalue weighted by Gasteiger charge is -2.25. The first-order valence-corrected chi connectivity index (χ1v) is 5.51. The van der Waals surface area contributed by atoms with Crippen LogP contribution in [0.3, 0.4) is 0 Å². The molecule has 14 heavy (non-hydrogen) atoms. The summed E-state index contributed by atoms with van der Waals surface area (Å²) >= 11 is 3.43. The summed E-state index contributed by atoms with van der Waals surface area (Å²) in [6.07, 6.45) is 1.98. The van der Waals surface area contributed by atoms with Crippen molar-refractivity contribution in [3.05, 3.63) is 28.0 Å². The predicted octanol–water partition coefficient (Wildman–Crippen LogP) is 1.81. The summed E-state index contributed by atoms with van der Waals surface area (Å²) in [4.78, 5) is 4.17. The Labute approximate surface area is 92.0 Å². The molecule has 0 radical (unpaired) electrons. The Kier molecular flexibility index (Phi) is 3.15. The minimum Gasteiger partial charge on any atom is -0.371 e. The lowest BCUT2D eigenvalue weighted by Crippen LogP contribution is -2.33. The SMILES string of the molecule is Cc1c(C2CNCCO2)ccnc1Br. The number of rotatable bonds is 1. The molecular formula is C10H13BrN2O. The first-order chi connectivity index (χ1) is 6.79. The fraction of sp³-hybridized carbons (Fsp3) is 0.500. The van der Waals surface area contributed by atoms with E-state index < -0.39 is 0 Å². The fourth-order valence-electron chi connectivity index (χ4n) is 1.64. The van der Waals surface area contributed by atoms with E-state index in [-0.39, 0.29) is 6.10 Å². The molecule has 1 aliphatic rings. The van der Waals surface area contributed by atoms with Gasteiger partial charge in [0, 0.05) is 19.3 Å². The van der Waals surface area contributed by atoms with Crippen molar-refractivity contribution < 1.29 is 4.74 Å². The third-order valence-corrected chi connectivity index (χ3v) is 3.26. The zero-order valence-corrected chi connectivity index (χ0v) is 9.67. The van der Waals surface area contributed by atoms with E-state index >= 15 is 0 Å². The topological polar surface area (TPSA) is 34.1 Å². The van der Waals surface area contributed by atoms with Crippen molar-refractivity contribution in [2.45, 2.75) is 13.0 Å². The van der Waals surface area contributed by atoms with Crippen LogP contribution in [-0.2, 0) is 4.74 Å². The maximum Gasteiger partial charge on any atom is 0.109 e. The molecule has 0 spiro atoms. The lowest BCUT2D eigenvalue weighted by atomic mass is 10.1. The molecule has 1 saturated heterocycles. The number of hydrogen-bond acceptors (Lipinski definition) is 3. The summed E-state index contributed by atoms with van der Waals surface area (Å²) in [7, 11) is 0. The molecule has 0 bridgehead atoms. The molecule has 0 aromatic carbocycles. The molecular weight excluding hydrogens is 244 g/mol. The first kappa shape index (κ1) is 10.1. The van der Waals surface area contributed by atoms with Crippen LogP contribution in [0.1, 0.15) is 17.2 Å². The Morgan fingerprint density at radius 3 is 3.21 bits per heavy atom. The number of ether oxygens (including phenoxy) is 1. The van der Waals surface area contributed by atoms with E-state index in [9.17, 15) is 0 Å².